The first kappa shape index (κ1) is 19.5. The predicted octanol–water partition coefficient (Wildman–Crippen LogP) is 4.57. The molecule has 0 aliphatic carbocycles. The fourth-order valence-corrected chi connectivity index (χ4v) is 3.39. The Morgan fingerprint density at radius 3 is 2.43 bits per heavy atom. The molecule has 0 radical (unpaired) electrons. The number of carbonyl (C=O) groups excluding carboxylic acids is 1. The third-order valence-corrected chi connectivity index (χ3v) is 4.88. The summed E-state index contributed by atoms with van der Waals surface area (Å²) in [6.45, 7) is 0.337. The highest BCUT2D eigenvalue weighted by Crippen LogP contribution is 2.19. The number of fused-ring (bicyclic) bond motifs is 1. The molecule has 4 aromatic rings. The summed E-state index contributed by atoms with van der Waals surface area (Å²) in [5.74, 6) is -0.932. The molecule has 0 spiro atoms. The van der Waals surface area contributed by atoms with E-state index in [0.717, 1.165) is 23.8 Å². The van der Waals surface area contributed by atoms with Crippen molar-refractivity contribution in [2.75, 3.05) is 7.11 Å². The van der Waals surface area contributed by atoms with E-state index >= 15 is 0 Å². The van der Waals surface area contributed by atoms with Crippen molar-refractivity contribution < 1.29 is 18.3 Å². The number of ketones is 1. The molecule has 0 aliphatic heterocycles. The smallest absolute Gasteiger partial charge is 0.200 e. The van der Waals surface area contributed by atoms with Crippen LogP contribution in [0.15, 0.2) is 77.7 Å². The van der Waals surface area contributed by atoms with Crippen LogP contribution in [-0.4, -0.2) is 17.5 Å². The van der Waals surface area contributed by atoms with Gasteiger partial charge in [0.1, 0.15) is 17.4 Å². The van der Waals surface area contributed by atoms with Crippen LogP contribution in [0.1, 0.15) is 21.5 Å². The van der Waals surface area contributed by atoms with Gasteiger partial charge in [-0.3, -0.25) is 9.59 Å². The van der Waals surface area contributed by atoms with Gasteiger partial charge in [0.05, 0.1) is 18.2 Å². The number of aromatic nitrogens is 1. The van der Waals surface area contributed by atoms with Crippen molar-refractivity contribution in [2.45, 2.75) is 6.54 Å². The van der Waals surface area contributed by atoms with E-state index in [2.05, 4.69) is 0 Å². The zero-order valence-corrected chi connectivity index (χ0v) is 16.1. The molecular weight excluding hydrogens is 388 g/mol. The van der Waals surface area contributed by atoms with Crippen LogP contribution in [0.5, 0.6) is 5.75 Å². The van der Waals surface area contributed by atoms with E-state index in [1.165, 1.54) is 30.5 Å². The number of methoxy groups -OCH3 is 1. The molecule has 0 aliphatic rings. The quantitative estimate of drug-likeness (QED) is 0.457. The Morgan fingerprint density at radius 1 is 0.967 bits per heavy atom. The lowest BCUT2D eigenvalue weighted by Gasteiger charge is -2.14. The molecule has 0 fully saturated rings. The van der Waals surface area contributed by atoms with Gasteiger partial charge in [-0.2, -0.15) is 0 Å². The Hall–Kier alpha value is -3.80. The van der Waals surface area contributed by atoms with E-state index in [-0.39, 0.29) is 16.5 Å². The maximum absolute atomic E-state index is 13.9. The van der Waals surface area contributed by atoms with E-state index < -0.39 is 22.8 Å². The van der Waals surface area contributed by atoms with Crippen LogP contribution < -0.4 is 10.2 Å². The maximum atomic E-state index is 13.9. The summed E-state index contributed by atoms with van der Waals surface area (Å²) in [6.07, 6.45) is 1.47. The zero-order chi connectivity index (χ0) is 21.3. The van der Waals surface area contributed by atoms with Gasteiger partial charge in [-0.25, -0.2) is 8.78 Å². The van der Waals surface area contributed by atoms with Crippen LogP contribution in [0.4, 0.5) is 8.78 Å². The van der Waals surface area contributed by atoms with Gasteiger partial charge in [-0.05, 0) is 60.2 Å². The van der Waals surface area contributed by atoms with E-state index in [1.807, 2.05) is 24.3 Å². The van der Waals surface area contributed by atoms with Crippen LogP contribution in [-0.2, 0) is 6.54 Å². The Balaban J connectivity index is 1.88. The normalized spacial score (nSPS) is 10.9. The molecule has 0 atom stereocenters. The number of rotatable bonds is 5. The Bertz CT molecular complexity index is 1310. The van der Waals surface area contributed by atoms with E-state index in [9.17, 15) is 18.4 Å². The third-order valence-electron chi connectivity index (χ3n) is 4.88. The van der Waals surface area contributed by atoms with Crippen molar-refractivity contribution in [3.63, 3.8) is 0 Å². The van der Waals surface area contributed by atoms with Gasteiger partial charge >= 0.3 is 0 Å². The number of benzene rings is 3. The average molecular weight is 405 g/mol. The van der Waals surface area contributed by atoms with Gasteiger partial charge in [0.25, 0.3) is 0 Å². The highest BCUT2D eigenvalue weighted by atomic mass is 19.1. The highest BCUT2D eigenvalue weighted by Gasteiger charge is 2.18. The Morgan fingerprint density at radius 2 is 1.70 bits per heavy atom. The minimum absolute atomic E-state index is 0.103. The first-order valence-electron chi connectivity index (χ1n) is 9.22. The average Bonchev–Trinajstić information content (AvgIpc) is 2.76. The van der Waals surface area contributed by atoms with Gasteiger partial charge in [-0.15, -0.1) is 0 Å². The minimum atomic E-state index is -0.570. The molecule has 0 N–H and O–H groups in total. The SMILES string of the molecule is COc1cccc(Cn2cc(C(=O)c3ccc(F)cc3)c(=O)c3cc(F)ccc32)c1. The molecule has 0 unspecified atom stereocenters. The number of pyridine rings is 1. The van der Waals surface area contributed by atoms with Gasteiger partial charge in [0.15, 0.2) is 5.78 Å². The van der Waals surface area contributed by atoms with Gasteiger partial charge < -0.3 is 9.30 Å². The van der Waals surface area contributed by atoms with Crippen molar-refractivity contribution in [1.82, 2.24) is 4.57 Å². The molecule has 30 heavy (non-hydrogen) atoms. The third kappa shape index (κ3) is 3.72. The second-order valence-electron chi connectivity index (χ2n) is 6.85. The predicted molar refractivity (Wildman–Crippen MR) is 110 cm³/mol. The second kappa shape index (κ2) is 7.91. The molecule has 4 nitrogen and oxygen atoms in total. The molecule has 1 aromatic heterocycles. The molecule has 3 aromatic carbocycles. The first-order valence-corrected chi connectivity index (χ1v) is 9.22. The fraction of sp³-hybridized carbons (Fsp3) is 0.0833. The summed E-state index contributed by atoms with van der Waals surface area (Å²) in [6, 6.07) is 16.2. The van der Waals surface area contributed by atoms with Crippen LogP contribution >= 0.6 is 0 Å². The van der Waals surface area contributed by atoms with Gasteiger partial charge in [0.2, 0.25) is 5.43 Å². The summed E-state index contributed by atoms with van der Waals surface area (Å²) in [4.78, 5) is 25.9. The summed E-state index contributed by atoms with van der Waals surface area (Å²) in [5.41, 5.74) is 0.879. The van der Waals surface area contributed by atoms with Crippen molar-refractivity contribution in [2.24, 2.45) is 0 Å². The minimum Gasteiger partial charge on any atom is -0.497 e. The topological polar surface area (TPSA) is 48.3 Å². The standard InChI is InChI=1S/C24H17F2NO3/c1-30-19-4-2-3-15(11-19)13-27-14-21(23(28)16-5-7-17(25)8-6-16)24(29)20-12-18(26)9-10-22(20)27/h2-12,14H,13H2,1H3. The van der Waals surface area contributed by atoms with Crippen LogP contribution in [0.25, 0.3) is 10.9 Å². The van der Waals surface area contributed by atoms with Crippen molar-refractivity contribution in [3.8, 4) is 5.75 Å². The molecule has 0 bridgehead atoms. The maximum Gasteiger partial charge on any atom is 0.200 e. The Kier molecular flexibility index (Phi) is 5.14. The summed E-state index contributed by atoms with van der Waals surface area (Å²) >= 11 is 0. The zero-order valence-electron chi connectivity index (χ0n) is 16.1. The molecule has 0 amide bonds. The highest BCUT2D eigenvalue weighted by molar-refractivity contribution is 6.10. The Labute approximate surface area is 171 Å². The first-order chi connectivity index (χ1) is 14.5. The van der Waals surface area contributed by atoms with E-state index in [0.29, 0.717) is 17.8 Å². The van der Waals surface area contributed by atoms with Crippen LogP contribution in [0.3, 0.4) is 0 Å². The van der Waals surface area contributed by atoms with Crippen molar-refractivity contribution >= 4 is 16.7 Å². The summed E-state index contributed by atoms with van der Waals surface area (Å²) < 4.78 is 34.1. The summed E-state index contributed by atoms with van der Waals surface area (Å²) in [7, 11) is 1.57. The molecular formula is C24H17F2NO3. The van der Waals surface area contributed by atoms with Gasteiger partial charge in [0, 0.05) is 23.7 Å². The molecule has 150 valence electrons. The lowest BCUT2D eigenvalue weighted by Crippen LogP contribution is -2.20. The molecule has 6 heteroatoms. The number of hydrogen-bond acceptors (Lipinski definition) is 3. The molecule has 0 saturated carbocycles. The number of ether oxygens (including phenoxy) is 1. The van der Waals surface area contributed by atoms with Crippen LogP contribution in [0.2, 0.25) is 0 Å². The summed E-state index contributed by atoms with van der Waals surface area (Å²) in [5, 5.41) is 0.103. The monoisotopic (exact) mass is 405 g/mol. The number of halogens is 2. The fourth-order valence-electron chi connectivity index (χ4n) is 3.39. The van der Waals surface area contributed by atoms with Crippen molar-refractivity contribution in [3.05, 3.63) is 111 Å². The molecule has 4 rings (SSSR count). The molecule has 1 heterocycles. The molecule has 0 saturated heterocycles. The van der Waals surface area contributed by atoms with E-state index in [1.54, 1.807) is 11.7 Å². The largest absolute Gasteiger partial charge is 0.497 e. The second-order valence-corrected chi connectivity index (χ2v) is 6.85. The number of hydrogen-bond donors (Lipinski definition) is 0. The number of nitrogens with zero attached hydrogens (tertiary/aromatic N) is 1. The lowest BCUT2D eigenvalue weighted by atomic mass is 10.0. The lowest BCUT2D eigenvalue weighted by molar-refractivity contribution is 0.103. The van der Waals surface area contributed by atoms with Gasteiger partial charge in [-0.1, -0.05) is 12.1 Å². The number of carbonyl (C=O) groups is 1. The van der Waals surface area contributed by atoms with Crippen LogP contribution in [0, 0.1) is 11.6 Å². The van der Waals surface area contributed by atoms with E-state index in [4.69, 9.17) is 4.74 Å². The van der Waals surface area contributed by atoms with Crippen molar-refractivity contribution in [1.29, 1.82) is 0 Å².